The molecule has 0 saturated heterocycles. The maximum atomic E-state index is 2.41. The fourth-order valence-corrected chi connectivity index (χ4v) is 11.7. The molecule has 0 bridgehead atoms. The highest BCUT2D eigenvalue weighted by atomic mass is 27.2. The monoisotopic (exact) mass is 535 g/mol. The molecule has 0 heterocycles. The van der Waals surface area contributed by atoms with Crippen molar-refractivity contribution in [3.63, 3.8) is 0 Å². The van der Waals surface area contributed by atoms with Crippen LogP contribution in [-0.4, -0.2) is 14.1 Å². The standard InChI is InChI=1S/3C12H25.Al/c3*1-4-6-8-9-11-12(3)10-7-5-2;/h3*12H,3-11H2,1-2H3;. The van der Waals surface area contributed by atoms with Gasteiger partial charge in [-0.2, -0.15) is 0 Å². The summed E-state index contributed by atoms with van der Waals surface area (Å²) >= 11 is -0.712. The molecule has 222 valence electrons. The van der Waals surface area contributed by atoms with Crippen molar-refractivity contribution in [1.82, 2.24) is 0 Å². The van der Waals surface area contributed by atoms with Gasteiger partial charge >= 0.3 is 0 Å². The van der Waals surface area contributed by atoms with Crippen molar-refractivity contribution < 1.29 is 0 Å². The van der Waals surface area contributed by atoms with E-state index in [9.17, 15) is 0 Å². The van der Waals surface area contributed by atoms with Crippen LogP contribution in [0.1, 0.15) is 196 Å². The topological polar surface area (TPSA) is 0 Å². The zero-order valence-electron chi connectivity index (χ0n) is 27.4. The van der Waals surface area contributed by atoms with Gasteiger partial charge in [0.15, 0.2) is 0 Å². The lowest BCUT2D eigenvalue weighted by Gasteiger charge is -2.28. The Morgan fingerprint density at radius 3 is 0.784 bits per heavy atom. The third-order valence-corrected chi connectivity index (χ3v) is 13.3. The molecule has 3 unspecified atom stereocenters. The molecule has 0 aromatic rings. The van der Waals surface area contributed by atoms with E-state index in [0.29, 0.717) is 0 Å². The van der Waals surface area contributed by atoms with E-state index in [1.54, 1.807) is 54.4 Å². The summed E-state index contributed by atoms with van der Waals surface area (Å²) in [5.74, 6) is 3.19. The van der Waals surface area contributed by atoms with Crippen LogP contribution in [0.3, 0.4) is 0 Å². The number of hydrogen-bond acceptors (Lipinski definition) is 0. The van der Waals surface area contributed by atoms with Gasteiger partial charge in [0.05, 0.1) is 0 Å². The lowest BCUT2D eigenvalue weighted by Crippen LogP contribution is -2.25. The normalized spacial score (nSPS) is 14.1. The zero-order chi connectivity index (χ0) is 27.4. The number of unbranched alkanes of at least 4 members (excludes halogenated alkanes) is 12. The van der Waals surface area contributed by atoms with Crippen molar-refractivity contribution in [2.24, 2.45) is 17.8 Å². The molecule has 0 rings (SSSR count). The maximum absolute atomic E-state index is 2.41. The predicted molar refractivity (Wildman–Crippen MR) is 175 cm³/mol. The van der Waals surface area contributed by atoms with E-state index in [1.807, 2.05) is 0 Å². The van der Waals surface area contributed by atoms with Gasteiger partial charge in [0, 0.05) is 0 Å². The van der Waals surface area contributed by atoms with Gasteiger partial charge in [-0.05, 0) is 0 Å². The molecule has 0 aliphatic heterocycles. The van der Waals surface area contributed by atoms with Crippen LogP contribution in [0.2, 0.25) is 15.8 Å². The lowest BCUT2D eigenvalue weighted by molar-refractivity contribution is 0.413. The average Bonchev–Trinajstić information content (AvgIpc) is 2.90. The fourth-order valence-electron chi connectivity index (χ4n) is 6.90. The van der Waals surface area contributed by atoms with Crippen molar-refractivity contribution >= 4 is 14.1 Å². The average molecular weight is 535 g/mol. The molecule has 0 aliphatic carbocycles. The molecule has 1 heteroatoms. The van der Waals surface area contributed by atoms with Gasteiger partial charge in [0.2, 0.25) is 0 Å². The molecule has 0 fully saturated rings. The summed E-state index contributed by atoms with van der Waals surface area (Å²) in [4.78, 5) is 0. The Balaban J connectivity index is 5.44. The van der Waals surface area contributed by atoms with Crippen molar-refractivity contribution in [3.05, 3.63) is 0 Å². The lowest BCUT2D eigenvalue weighted by atomic mass is 9.96. The summed E-state index contributed by atoms with van der Waals surface area (Å²) in [6, 6.07) is 0. The number of hydrogen-bond donors (Lipinski definition) is 0. The van der Waals surface area contributed by atoms with Crippen LogP contribution in [0.25, 0.3) is 0 Å². The Morgan fingerprint density at radius 1 is 0.297 bits per heavy atom. The maximum Gasteiger partial charge on any atom is 0.262 e. The van der Waals surface area contributed by atoms with Crippen molar-refractivity contribution in [3.8, 4) is 0 Å². The first-order chi connectivity index (χ1) is 18.1. The van der Waals surface area contributed by atoms with Crippen molar-refractivity contribution in [2.75, 3.05) is 0 Å². The van der Waals surface area contributed by atoms with Crippen LogP contribution in [0.5, 0.6) is 0 Å². The third kappa shape index (κ3) is 24.1. The molecule has 3 atom stereocenters. The van der Waals surface area contributed by atoms with Gasteiger partial charge in [0.1, 0.15) is 0 Å². The second kappa shape index (κ2) is 29.5. The summed E-state index contributed by atoms with van der Waals surface area (Å²) in [5.41, 5.74) is 0. The zero-order valence-corrected chi connectivity index (χ0v) is 28.6. The summed E-state index contributed by atoms with van der Waals surface area (Å²) in [7, 11) is 0. The van der Waals surface area contributed by atoms with Gasteiger partial charge in [-0.3, -0.25) is 0 Å². The molecule has 0 radical (unpaired) electrons. The summed E-state index contributed by atoms with van der Waals surface area (Å²) in [5, 5.41) is 5.09. The molecule has 0 N–H and O–H groups in total. The molecule has 0 aliphatic rings. The van der Waals surface area contributed by atoms with Gasteiger partial charge in [-0.15, -0.1) is 0 Å². The molecular formula is C36H75Al. The summed E-state index contributed by atoms with van der Waals surface area (Å²) in [6.45, 7) is 14.3. The quantitative estimate of drug-likeness (QED) is 0.0635. The van der Waals surface area contributed by atoms with Gasteiger partial charge < -0.3 is 0 Å². The Labute approximate surface area is 242 Å². The van der Waals surface area contributed by atoms with Crippen molar-refractivity contribution in [2.45, 2.75) is 211 Å². The molecule has 0 spiro atoms. The van der Waals surface area contributed by atoms with E-state index in [-0.39, 0.29) is 0 Å². The van der Waals surface area contributed by atoms with Gasteiger partial charge in [-0.1, -0.05) is 229 Å². The molecule has 0 nitrogen and oxygen atoms in total. The minimum Gasteiger partial charge on any atom is -0.0910 e. The fraction of sp³-hybridized carbons (Fsp3) is 1.00. The molecule has 0 aromatic heterocycles. The summed E-state index contributed by atoms with van der Waals surface area (Å²) in [6.07, 6.45) is 35.4. The predicted octanol–water partition coefficient (Wildman–Crippen LogP) is 13.8. The van der Waals surface area contributed by atoms with Gasteiger partial charge in [0.25, 0.3) is 14.1 Å². The van der Waals surface area contributed by atoms with E-state index in [4.69, 9.17) is 0 Å². The Hall–Kier alpha value is 0.532. The van der Waals surface area contributed by atoms with Crippen LogP contribution in [0, 0.1) is 17.8 Å². The SMILES string of the molecule is CCCCCCC(CCCC)[CH2][Al]([CH2]C(CCCC)CCCCCC)[CH2]C(CCCC)CCCCCC. The van der Waals surface area contributed by atoms with E-state index < -0.39 is 14.1 Å². The van der Waals surface area contributed by atoms with E-state index >= 15 is 0 Å². The Morgan fingerprint density at radius 2 is 0.541 bits per heavy atom. The highest BCUT2D eigenvalue weighted by Gasteiger charge is 2.28. The molecule has 0 amide bonds. The highest BCUT2D eigenvalue weighted by Crippen LogP contribution is 2.34. The van der Waals surface area contributed by atoms with Gasteiger partial charge in [-0.25, -0.2) is 0 Å². The van der Waals surface area contributed by atoms with Crippen LogP contribution in [0.15, 0.2) is 0 Å². The van der Waals surface area contributed by atoms with E-state index in [2.05, 4.69) is 41.5 Å². The van der Waals surface area contributed by atoms with Crippen LogP contribution >= 0.6 is 0 Å². The van der Waals surface area contributed by atoms with E-state index in [1.165, 1.54) is 116 Å². The largest absolute Gasteiger partial charge is 0.262 e. The minimum atomic E-state index is -0.712. The first-order valence-corrected chi connectivity index (χ1v) is 20.6. The first kappa shape index (κ1) is 37.5. The highest BCUT2D eigenvalue weighted by molar-refractivity contribution is 6.59. The Bertz CT molecular complexity index is 357. The molecule has 37 heavy (non-hydrogen) atoms. The van der Waals surface area contributed by atoms with Crippen LogP contribution in [0.4, 0.5) is 0 Å². The van der Waals surface area contributed by atoms with E-state index in [0.717, 1.165) is 17.8 Å². The second-order valence-corrected chi connectivity index (χ2v) is 16.3. The smallest absolute Gasteiger partial charge is 0.0910 e. The third-order valence-electron chi connectivity index (χ3n) is 9.30. The Kier molecular flexibility index (Phi) is 29.9. The molecular weight excluding hydrogens is 459 g/mol. The molecule has 0 saturated carbocycles. The summed E-state index contributed by atoms with van der Waals surface area (Å²) < 4.78 is 0. The first-order valence-electron chi connectivity index (χ1n) is 18.1. The van der Waals surface area contributed by atoms with Crippen molar-refractivity contribution in [1.29, 1.82) is 0 Å². The molecule has 0 aromatic carbocycles. The number of rotatable bonds is 30. The van der Waals surface area contributed by atoms with Crippen LogP contribution in [-0.2, 0) is 0 Å². The van der Waals surface area contributed by atoms with Crippen LogP contribution < -0.4 is 0 Å². The second-order valence-electron chi connectivity index (χ2n) is 13.1. The minimum absolute atomic E-state index is 0.712.